The van der Waals surface area contributed by atoms with Crippen LogP contribution < -0.4 is 15.4 Å². The normalized spacial score (nSPS) is 10.2. The van der Waals surface area contributed by atoms with Gasteiger partial charge in [-0.05, 0) is 51.1 Å². The molecule has 0 heterocycles. The second-order valence-corrected chi connectivity index (χ2v) is 5.92. The maximum absolute atomic E-state index is 12.4. The van der Waals surface area contributed by atoms with Crippen LogP contribution in [0.5, 0.6) is 5.75 Å². The number of nitrogens with zero attached hydrogens (tertiary/aromatic N) is 1. The first kappa shape index (κ1) is 20.3. The molecule has 0 aliphatic carbocycles. The van der Waals surface area contributed by atoms with E-state index in [1.165, 1.54) is 0 Å². The monoisotopic (exact) mass is 369 g/mol. The molecule has 0 saturated heterocycles. The molecule has 2 rings (SSSR count). The number of rotatable bonds is 9. The van der Waals surface area contributed by atoms with Gasteiger partial charge in [-0.25, -0.2) is 0 Å². The first-order chi connectivity index (χ1) is 13.1. The highest BCUT2D eigenvalue weighted by Gasteiger charge is 2.13. The Morgan fingerprint density at radius 2 is 1.67 bits per heavy atom. The molecule has 0 atom stereocenters. The van der Waals surface area contributed by atoms with Crippen LogP contribution >= 0.6 is 0 Å². The summed E-state index contributed by atoms with van der Waals surface area (Å²) in [6.07, 6.45) is 0. The van der Waals surface area contributed by atoms with Gasteiger partial charge in [0.15, 0.2) is 0 Å². The molecule has 0 aromatic heterocycles. The number of carbonyl (C=O) groups excluding carboxylic acids is 2. The molecule has 2 aromatic rings. The molecular formula is C21H27N3O3. The van der Waals surface area contributed by atoms with Crippen molar-refractivity contribution in [2.24, 2.45) is 0 Å². The van der Waals surface area contributed by atoms with Gasteiger partial charge in [0.2, 0.25) is 5.91 Å². The summed E-state index contributed by atoms with van der Waals surface area (Å²) >= 11 is 0. The van der Waals surface area contributed by atoms with Crippen molar-refractivity contribution >= 4 is 23.2 Å². The average molecular weight is 369 g/mol. The van der Waals surface area contributed by atoms with Crippen molar-refractivity contribution in [2.75, 3.05) is 36.9 Å². The Morgan fingerprint density at radius 1 is 0.963 bits per heavy atom. The van der Waals surface area contributed by atoms with Crippen LogP contribution in [-0.2, 0) is 4.79 Å². The number of ether oxygens (including phenoxy) is 1. The third kappa shape index (κ3) is 6.02. The Bertz CT molecular complexity index is 773. The zero-order chi connectivity index (χ0) is 19.6. The average Bonchev–Trinajstić information content (AvgIpc) is 2.68. The number of nitrogens with one attached hydrogen (secondary N) is 2. The maximum atomic E-state index is 12.4. The molecule has 2 aromatic carbocycles. The summed E-state index contributed by atoms with van der Waals surface area (Å²) in [6.45, 7) is 7.81. The van der Waals surface area contributed by atoms with E-state index in [-0.39, 0.29) is 18.4 Å². The number of carbonyl (C=O) groups is 2. The summed E-state index contributed by atoms with van der Waals surface area (Å²) < 4.78 is 5.45. The Labute approximate surface area is 160 Å². The molecule has 0 aliphatic rings. The lowest BCUT2D eigenvalue weighted by Crippen LogP contribution is -2.30. The largest absolute Gasteiger partial charge is 0.494 e. The third-order valence-corrected chi connectivity index (χ3v) is 4.04. The van der Waals surface area contributed by atoms with Gasteiger partial charge in [0, 0.05) is 36.1 Å². The van der Waals surface area contributed by atoms with E-state index in [0.29, 0.717) is 30.9 Å². The van der Waals surface area contributed by atoms with E-state index in [1.807, 2.05) is 45.0 Å². The minimum atomic E-state index is -0.191. The number of anilines is 2. The van der Waals surface area contributed by atoms with Crippen LogP contribution in [0.3, 0.4) is 0 Å². The first-order valence-corrected chi connectivity index (χ1v) is 9.23. The third-order valence-electron chi connectivity index (χ3n) is 4.04. The summed E-state index contributed by atoms with van der Waals surface area (Å²) in [5.41, 5.74) is 1.97. The number of hydrogen-bond donors (Lipinski definition) is 2. The van der Waals surface area contributed by atoms with E-state index in [9.17, 15) is 9.59 Å². The summed E-state index contributed by atoms with van der Waals surface area (Å²) in [5.74, 6) is 0.525. The molecule has 6 nitrogen and oxygen atoms in total. The molecule has 144 valence electrons. The maximum Gasteiger partial charge on any atom is 0.253 e. The lowest BCUT2D eigenvalue weighted by Gasteiger charge is -2.19. The molecule has 0 unspecified atom stereocenters. The number of benzene rings is 2. The Hall–Kier alpha value is -3.02. The predicted octanol–water partition coefficient (Wildman–Crippen LogP) is 3.62. The first-order valence-electron chi connectivity index (χ1n) is 9.23. The van der Waals surface area contributed by atoms with Crippen molar-refractivity contribution in [2.45, 2.75) is 20.8 Å². The highest BCUT2D eigenvalue weighted by atomic mass is 16.5. The van der Waals surface area contributed by atoms with Gasteiger partial charge < -0.3 is 20.3 Å². The lowest BCUT2D eigenvalue weighted by molar-refractivity contribution is -0.114. The molecule has 0 fully saturated rings. The van der Waals surface area contributed by atoms with Crippen LogP contribution in [0.2, 0.25) is 0 Å². The van der Waals surface area contributed by atoms with Gasteiger partial charge in [0.1, 0.15) is 5.75 Å². The van der Waals surface area contributed by atoms with Crippen molar-refractivity contribution in [3.63, 3.8) is 0 Å². The summed E-state index contributed by atoms with van der Waals surface area (Å²) in [4.78, 5) is 26.4. The van der Waals surface area contributed by atoms with Crippen molar-refractivity contribution in [1.82, 2.24) is 4.90 Å². The van der Waals surface area contributed by atoms with E-state index >= 15 is 0 Å². The molecule has 0 saturated carbocycles. The van der Waals surface area contributed by atoms with E-state index in [4.69, 9.17) is 4.74 Å². The lowest BCUT2D eigenvalue weighted by atomic mass is 10.1. The second-order valence-electron chi connectivity index (χ2n) is 5.92. The molecule has 0 radical (unpaired) electrons. The topological polar surface area (TPSA) is 70.7 Å². The zero-order valence-electron chi connectivity index (χ0n) is 16.1. The van der Waals surface area contributed by atoms with Crippen LogP contribution in [0.15, 0.2) is 48.5 Å². The second kappa shape index (κ2) is 10.2. The molecule has 2 amide bonds. The minimum absolute atomic E-state index is 0.0398. The van der Waals surface area contributed by atoms with Crippen LogP contribution in [0, 0.1) is 0 Å². The number of hydrogen-bond acceptors (Lipinski definition) is 4. The van der Waals surface area contributed by atoms with E-state index in [1.54, 1.807) is 29.2 Å². The minimum Gasteiger partial charge on any atom is -0.494 e. The Balaban J connectivity index is 1.95. The number of amides is 2. The highest BCUT2D eigenvalue weighted by Crippen LogP contribution is 2.17. The van der Waals surface area contributed by atoms with Gasteiger partial charge in [-0.15, -0.1) is 0 Å². The molecule has 6 heteroatoms. The molecule has 0 spiro atoms. The Morgan fingerprint density at radius 3 is 2.37 bits per heavy atom. The van der Waals surface area contributed by atoms with Gasteiger partial charge in [-0.1, -0.05) is 12.1 Å². The SMILES string of the molecule is CCOc1cccc(NCC(=O)Nc2cccc(C(=O)N(CC)CC)c2)c1. The van der Waals surface area contributed by atoms with Crippen LogP contribution in [0.1, 0.15) is 31.1 Å². The van der Waals surface area contributed by atoms with Gasteiger partial charge in [0.25, 0.3) is 5.91 Å². The fourth-order valence-corrected chi connectivity index (χ4v) is 2.67. The molecule has 2 N–H and O–H groups in total. The van der Waals surface area contributed by atoms with Gasteiger partial charge in [-0.2, -0.15) is 0 Å². The van der Waals surface area contributed by atoms with Gasteiger partial charge >= 0.3 is 0 Å². The van der Waals surface area contributed by atoms with Crippen molar-refractivity contribution in [3.05, 3.63) is 54.1 Å². The zero-order valence-corrected chi connectivity index (χ0v) is 16.1. The van der Waals surface area contributed by atoms with Crippen molar-refractivity contribution in [3.8, 4) is 5.75 Å². The summed E-state index contributed by atoms with van der Waals surface area (Å²) in [7, 11) is 0. The van der Waals surface area contributed by atoms with Gasteiger partial charge in [0.05, 0.1) is 13.2 Å². The fourth-order valence-electron chi connectivity index (χ4n) is 2.67. The van der Waals surface area contributed by atoms with Crippen LogP contribution in [0.4, 0.5) is 11.4 Å². The molecular weight excluding hydrogens is 342 g/mol. The van der Waals surface area contributed by atoms with Crippen molar-refractivity contribution in [1.29, 1.82) is 0 Å². The Kier molecular flexibility index (Phi) is 7.67. The summed E-state index contributed by atoms with van der Waals surface area (Å²) in [6, 6.07) is 14.5. The highest BCUT2D eigenvalue weighted by molar-refractivity contribution is 5.98. The van der Waals surface area contributed by atoms with Gasteiger partial charge in [-0.3, -0.25) is 9.59 Å². The predicted molar refractivity (Wildman–Crippen MR) is 108 cm³/mol. The molecule has 27 heavy (non-hydrogen) atoms. The van der Waals surface area contributed by atoms with E-state index in [0.717, 1.165) is 11.4 Å². The smallest absolute Gasteiger partial charge is 0.253 e. The van der Waals surface area contributed by atoms with Crippen LogP contribution in [0.25, 0.3) is 0 Å². The van der Waals surface area contributed by atoms with E-state index in [2.05, 4.69) is 10.6 Å². The van der Waals surface area contributed by atoms with Crippen molar-refractivity contribution < 1.29 is 14.3 Å². The standard InChI is InChI=1S/C21H27N3O3/c1-4-24(5-2)21(26)16-9-7-11-18(13-16)23-20(25)15-22-17-10-8-12-19(14-17)27-6-3/h7-14,22H,4-6,15H2,1-3H3,(H,23,25). The van der Waals surface area contributed by atoms with E-state index < -0.39 is 0 Å². The molecule has 0 aliphatic heterocycles. The van der Waals surface area contributed by atoms with Crippen LogP contribution in [-0.4, -0.2) is 43.0 Å². The molecule has 0 bridgehead atoms. The fraction of sp³-hybridized carbons (Fsp3) is 0.333. The quantitative estimate of drug-likeness (QED) is 0.708. The summed E-state index contributed by atoms with van der Waals surface area (Å²) in [5, 5.41) is 5.89.